The van der Waals surface area contributed by atoms with Crippen LogP contribution in [-0.4, -0.2) is 20.7 Å². The molecule has 0 amide bonds. The SMILES string of the molecule is O=C(O)c1nn2c(I)cc(C3CC3)cc2c1Cl. The summed E-state index contributed by atoms with van der Waals surface area (Å²) in [5.41, 5.74) is 1.82. The fourth-order valence-corrected chi connectivity index (χ4v) is 2.87. The van der Waals surface area contributed by atoms with Gasteiger partial charge in [0.05, 0.1) is 5.52 Å². The number of carboxylic acid groups (broad SMARTS) is 1. The third-order valence-electron chi connectivity index (χ3n) is 2.90. The molecule has 0 spiro atoms. The summed E-state index contributed by atoms with van der Waals surface area (Å²) in [4.78, 5) is 11.0. The van der Waals surface area contributed by atoms with Crippen molar-refractivity contribution >= 4 is 45.7 Å². The van der Waals surface area contributed by atoms with Crippen molar-refractivity contribution in [3.8, 4) is 0 Å². The monoisotopic (exact) mass is 362 g/mol. The van der Waals surface area contributed by atoms with Crippen molar-refractivity contribution in [2.75, 3.05) is 0 Å². The van der Waals surface area contributed by atoms with Gasteiger partial charge in [-0.15, -0.1) is 0 Å². The molecule has 17 heavy (non-hydrogen) atoms. The highest BCUT2D eigenvalue weighted by Gasteiger charge is 2.26. The number of fused-ring (bicyclic) bond motifs is 1. The van der Waals surface area contributed by atoms with Gasteiger partial charge >= 0.3 is 5.97 Å². The molecule has 0 aromatic carbocycles. The Labute approximate surface area is 116 Å². The highest BCUT2D eigenvalue weighted by molar-refractivity contribution is 14.1. The van der Waals surface area contributed by atoms with E-state index in [0.717, 1.165) is 3.70 Å². The van der Waals surface area contributed by atoms with Gasteiger partial charge in [-0.05, 0) is 59.0 Å². The number of carboxylic acids is 1. The summed E-state index contributed by atoms with van der Waals surface area (Å²) in [6.07, 6.45) is 2.40. The molecule has 2 heterocycles. The third kappa shape index (κ3) is 1.81. The van der Waals surface area contributed by atoms with E-state index in [2.05, 4.69) is 27.7 Å². The first-order valence-electron chi connectivity index (χ1n) is 5.19. The minimum atomic E-state index is -1.09. The Morgan fingerprint density at radius 2 is 2.24 bits per heavy atom. The smallest absolute Gasteiger partial charge is 0.358 e. The van der Waals surface area contributed by atoms with Gasteiger partial charge in [-0.1, -0.05) is 11.6 Å². The van der Waals surface area contributed by atoms with Crippen LogP contribution in [0.1, 0.15) is 34.8 Å². The van der Waals surface area contributed by atoms with Crippen LogP contribution in [0.4, 0.5) is 0 Å². The maximum absolute atomic E-state index is 11.0. The largest absolute Gasteiger partial charge is 0.476 e. The topological polar surface area (TPSA) is 54.6 Å². The summed E-state index contributed by atoms with van der Waals surface area (Å²) < 4.78 is 2.47. The van der Waals surface area contributed by atoms with Gasteiger partial charge in [0, 0.05) is 0 Å². The number of aromatic carboxylic acids is 1. The van der Waals surface area contributed by atoms with E-state index in [-0.39, 0.29) is 10.7 Å². The lowest BCUT2D eigenvalue weighted by molar-refractivity contribution is 0.0690. The van der Waals surface area contributed by atoms with Gasteiger partial charge in [-0.25, -0.2) is 9.31 Å². The van der Waals surface area contributed by atoms with E-state index in [0.29, 0.717) is 11.4 Å². The molecule has 1 fully saturated rings. The zero-order chi connectivity index (χ0) is 12.2. The van der Waals surface area contributed by atoms with Crippen molar-refractivity contribution in [3.05, 3.63) is 32.1 Å². The fourth-order valence-electron chi connectivity index (χ4n) is 1.89. The molecule has 2 aromatic rings. The van der Waals surface area contributed by atoms with Crippen LogP contribution in [0.5, 0.6) is 0 Å². The quantitative estimate of drug-likeness (QED) is 0.659. The van der Waals surface area contributed by atoms with E-state index >= 15 is 0 Å². The van der Waals surface area contributed by atoms with Gasteiger partial charge in [0.2, 0.25) is 0 Å². The van der Waals surface area contributed by atoms with E-state index in [1.807, 2.05) is 12.1 Å². The maximum atomic E-state index is 11.0. The van der Waals surface area contributed by atoms with Crippen LogP contribution in [0.25, 0.3) is 5.52 Å². The zero-order valence-corrected chi connectivity index (χ0v) is 11.6. The number of aromatic nitrogens is 2. The van der Waals surface area contributed by atoms with Gasteiger partial charge in [0.25, 0.3) is 0 Å². The van der Waals surface area contributed by atoms with Crippen molar-refractivity contribution in [3.63, 3.8) is 0 Å². The lowest BCUT2D eigenvalue weighted by atomic mass is 10.1. The Bertz CT molecular complexity index is 634. The van der Waals surface area contributed by atoms with Crippen molar-refractivity contribution in [2.24, 2.45) is 0 Å². The Balaban J connectivity index is 2.29. The standard InChI is InChI=1S/C11H8ClIN2O2/c12-9-7-3-6(5-1-2-5)4-8(13)15(7)14-10(9)11(16)17/h3-5H,1-2H2,(H,16,17). The average Bonchev–Trinajstić information content (AvgIpc) is 3.05. The summed E-state index contributed by atoms with van der Waals surface area (Å²) in [5, 5.41) is 13.2. The van der Waals surface area contributed by atoms with Gasteiger partial charge < -0.3 is 5.11 Å². The predicted octanol–water partition coefficient (Wildman–Crippen LogP) is 3.17. The number of hydrogen-bond acceptors (Lipinski definition) is 2. The molecule has 4 nitrogen and oxygen atoms in total. The molecular formula is C11H8ClIN2O2. The normalized spacial score (nSPS) is 15.4. The highest BCUT2D eigenvalue weighted by Crippen LogP contribution is 2.41. The summed E-state index contributed by atoms with van der Waals surface area (Å²) >= 11 is 8.20. The minimum Gasteiger partial charge on any atom is -0.476 e. The molecule has 1 saturated carbocycles. The van der Waals surface area contributed by atoms with Gasteiger partial charge in [-0.3, -0.25) is 0 Å². The average molecular weight is 363 g/mol. The maximum Gasteiger partial charge on any atom is 0.358 e. The zero-order valence-electron chi connectivity index (χ0n) is 8.65. The molecule has 0 radical (unpaired) electrons. The lowest BCUT2D eigenvalue weighted by Crippen LogP contribution is -2.00. The van der Waals surface area contributed by atoms with Crippen LogP contribution in [0.3, 0.4) is 0 Å². The summed E-state index contributed by atoms with van der Waals surface area (Å²) in [6.45, 7) is 0. The van der Waals surface area contributed by atoms with Crippen molar-refractivity contribution in [2.45, 2.75) is 18.8 Å². The molecule has 0 aliphatic heterocycles. The molecule has 88 valence electrons. The highest BCUT2D eigenvalue weighted by atomic mass is 127. The number of halogens is 2. The first-order chi connectivity index (χ1) is 8.08. The Morgan fingerprint density at radius 3 is 2.82 bits per heavy atom. The molecule has 6 heteroatoms. The van der Waals surface area contributed by atoms with Crippen LogP contribution in [0.15, 0.2) is 12.1 Å². The summed E-state index contributed by atoms with van der Waals surface area (Å²) in [7, 11) is 0. The Morgan fingerprint density at radius 1 is 1.53 bits per heavy atom. The predicted molar refractivity (Wildman–Crippen MR) is 71.9 cm³/mol. The van der Waals surface area contributed by atoms with Crippen LogP contribution < -0.4 is 0 Å². The molecule has 0 bridgehead atoms. The Kier molecular flexibility index (Phi) is 2.55. The number of carbonyl (C=O) groups is 1. The van der Waals surface area contributed by atoms with Crippen LogP contribution in [-0.2, 0) is 0 Å². The molecule has 1 aliphatic carbocycles. The lowest BCUT2D eigenvalue weighted by Gasteiger charge is -2.02. The van der Waals surface area contributed by atoms with Crippen LogP contribution in [0, 0.1) is 3.70 Å². The first kappa shape index (κ1) is 11.3. The second-order valence-corrected chi connectivity index (χ2v) is 5.63. The van der Waals surface area contributed by atoms with E-state index in [1.165, 1.54) is 18.4 Å². The third-order valence-corrected chi connectivity index (χ3v) is 4.04. The van der Waals surface area contributed by atoms with Gasteiger partial charge in [0.1, 0.15) is 8.72 Å². The number of pyridine rings is 1. The molecule has 0 unspecified atom stereocenters. The van der Waals surface area contributed by atoms with E-state index in [4.69, 9.17) is 16.7 Å². The summed E-state index contributed by atoms with van der Waals surface area (Å²) in [5.74, 6) is -0.491. The molecule has 0 atom stereocenters. The fraction of sp³-hybridized carbons (Fsp3) is 0.273. The Hall–Kier alpha value is -0.820. The first-order valence-corrected chi connectivity index (χ1v) is 6.64. The van der Waals surface area contributed by atoms with E-state index in [9.17, 15) is 4.79 Å². The minimum absolute atomic E-state index is 0.0856. The molecule has 1 aliphatic rings. The summed E-state index contributed by atoms with van der Waals surface area (Å²) in [6, 6.07) is 3.99. The molecule has 0 saturated heterocycles. The van der Waals surface area contributed by atoms with Gasteiger partial charge in [-0.2, -0.15) is 5.10 Å². The molecule has 2 aromatic heterocycles. The van der Waals surface area contributed by atoms with Crippen molar-refractivity contribution in [1.29, 1.82) is 0 Å². The number of rotatable bonds is 2. The number of nitrogens with zero attached hydrogens (tertiary/aromatic N) is 2. The van der Waals surface area contributed by atoms with E-state index < -0.39 is 5.97 Å². The molecule has 3 rings (SSSR count). The van der Waals surface area contributed by atoms with E-state index in [1.54, 1.807) is 4.52 Å². The molecular weight excluding hydrogens is 354 g/mol. The van der Waals surface area contributed by atoms with Crippen LogP contribution >= 0.6 is 34.2 Å². The second kappa shape index (κ2) is 3.84. The van der Waals surface area contributed by atoms with Crippen LogP contribution in [0.2, 0.25) is 5.02 Å². The van der Waals surface area contributed by atoms with Crippen molar-refractivity contribution < 1.29 is 9.90 Å². The second-order valence-electron chi connectivity index (χ2n) is 4.15. The number of hydrogen-bond donors (Lipinski definition) is 1. The molecule has 1 N–H and O–H groups in total. The van der Waals surface area contributed by atoms with Gasteiger partial charge in [0.15, 0.2) is 5.69 Å². The van der Waals surface area contributed by atoms with Crippen molar-refractivity contribution in [1.82, 2.24) is 9.61 Å².